The highest BCUT2D eigenvalue weighted by Crippen LogP contribution is 2.29. The number of fused-ring (bicyclic) bond motifs is 1. The number of nitrogens with zero attached hydrogens (tertiary/aromatic N) is 5. The fourth-order valence-corrected chi connectivity index (χ4v) is 4.12. The third kappa shape index (κ3) is 7.71. The fourth-order valence-electron chi connectivity index (χ4n) is 4.12. The van der Waals surface area contributed by atoms with Gasteiger partial charge in [-0.2, -0.15) is 15.1 Å². The van der Waals surface area contributed by atoms with Gasteiger partial charge in [0.25, 0.3) is 0 Å². The van der Waals surface area contributed by atoms with Crippen LogP contribution < -0.4 is 19.8 Å². The summed E-state index contributed by atoms with van der Waals surface area (Å²) in [4.78, 5) is 14.0. The van der Waals surface area contributed by atoms with E-state index >= 15 is 0 Å². The molecule has 0 amide bonds. The third-order valence-electron chi connectivity index (χ3n) is 5.67. The zero-order valence-corrected chi connectivity index (χ0v) is 21.6. The third-order valence-corrected chi connectivity index (χ3v) is 5.67. The molecule has 0 aliphatic carbocycles. The van der Waals surface area contributed by atoms with Crippen molar-refractivity contribution in [3.8, 4) is 17.5 Å². The van der Waals surface area contributed by atoms with Gasteiger partial charge in [-0.15, -0.1) is 0 Å². The quantitative estimate of drug-likeness (QED) is 0.356. The number of phenolic OH excluding ortho intramolecular Hbond substituents is 1. The molecular formula is C26H40N6O3. The SMILES string of the molecule is CCCN(CCC)CCOc1nc(N/N=C2\COc3cc(O)ccc32)cc(N(CCC)CCC)n1. The molecule has 0 saturated heterocycles. The summed E-state index contributed by atoms with van der Waals surface area (Å²) in [6.07, 6.45) is 4.29. The molecular weight excluding hydrogens is 444 g/mol. The van der Waals surface area contributed by atoms with Crippen molar-refractivity contribution in [3.05, 3.63) is 29.8 Å². The summed E-state index contributed by atoms with van der Waals surface area (Å²) in [6, 6.07) is 7.30. The number of benzene rings is 1. The average molecular weight is 485 g/mol. The van der Waals surface area contributed by atoms with Crippen LogP contribution in [0.3, 0.4) is 0 Å². The highest BCUT2D eigenvalue weighted by molar-refractivity contribution is 6.06. The maximum atomic E-state index is 9.68. The molecule has 1 aromatic heterocycles. The van der Waals surface area contributed by atoms with Crippen molar-refractivity contribution in [2.24, 2.45) is 5.10 Å². The van der Waals surface area contributed by atoms with Gasteiger partial charge in [-0.3, -0.25) is 10.3 Å². The van der Waals surface area contributed by atoms with Crippen LogP contribution >= 0.6 is 0 Å². The van der Waals surface area contributed by atoms with Gasteiger partial charge >= 0.3 is 6.01 Å². The molecule has 0 radical (unpaired) electrons. The van der Waals surface area contributed by atoms with E-state index in [1.165, 1.54) is 0 Å². The Hall–Kier alpha value is -3.07. The molecule has 1 aliphatic heterocycles. The van der Waals surface area contributed by atoms with Gasteiger partial charge in [0, 0.05) is 37.3 Å². The molecule has 9 nitrogen and oxygen atoms in total. The number of ether oxygens (including phenoxy) is 2. The summed E-state index contributed by atoms with van der Waals surface area (Å²) in [5.41, 5.74) is 4.68. The Bertz CT molecular complexity index is 956. The van der Waals surface area contributed by atoms with Crippen molar-refractivity contribution in [1.29, 1.82) is 0 Å². The number of rotatable bonds is 15. The smallest absolute Gasteiger partial charge is 0.320 e. The van der Waals surface area contributed by atoms with Crippen LogP contribution in [0.15, 0.2) is 29.4 Å². The van der Waals surface area contributed by atoms with Gasteiger partial charge in [-0.05, 0) is 50.9 Å². The first-order valence-electron chi connectivity index (χ1n) is 12.9. The highest BCUT2D eigenvalue weighted by Gasteiger charge is 2.20. The Balaban J connectivity index is 1.78. The number of phenols is 1. The number of nitrogens with one attached hydrogen (secondary N) is 1. The number of aromatic nitrogens is 2. The molecule has 2 N–H and O–H groups in total. The largest absolute Gasteiger partial charge is 0.508 e. The minimum atomic E-state index is 0.170. The van der Waals surface area contributed by atoms with E-state index in [0.29, 0.717) is 30.8 Å². The Morgan fingerprint density at radius 2 is 1.69 bits per heavy atom. The van der Waals surface area contributed by atoms with E-state index in [0.717, 1.165) is 75.5 Å². The van der Waals surface area contributed by atoms with Crippen LogP contribution in [0.25, 0.3) is 0 Å². The predicted octanol–water partition coefficient (Wildman–Crippen LogP) is 4.52. The van der Waals surface area contributed by atoms with Crippen LogP contribution in [-0.4, -0.2) is 71.6 Å². The molecule has 1 aromatic carbocycles. The molecule has 2 heterocycles. The Labute approximate surface area is 209 Å². The van der Waals surface area contributed by atoms with E-state index in [-0.39, 0.29) is 5.75 Å². The van der Waals surface area contributed by atoms with Crippen molar-refractivity contribution < 1.29 is 14.6 Å². The van der Waals surface area contributed by atoms with Crippen LogP contribution in [-0.2, 0) is 0 Å². The molecule has 192 valence electrons. The zero-order chi connectivity index (χ0) is 25.0. The number of anilines is 2. The van der Waals surface area contributed by atoms with E-state index in [4.69, 9.17) is 14.5 Å². The van der Waals surface area contributed by atoms with Crippen LogP contribution in [0.5, 0.6) is 17.5 Å². The number of hydrogen-bond acceptors (Lipinski definition) is 9. The lowest BCUT2D eigenvalue weighted by atomic mass is 10.1. The van der Waals surface area contributed by atoms with E-state index in [9.17, 15) is 5.11 Å². The zero-order valence-electron chi connectivity index (χ0n) is 21.6. The molecule has 0 unspecified atom stereocenters. The summed E-state index contributed by atoms with van der Waals surface area (Å²) in [5, 5.41) is 14.2. The number of hydrogen-bond donors (Lipinski definition) is 2. The van der Waals surface area contributed by atoms with Gasteiger partial charge in [-0.1, -0.05) is 27.7 Å². The average Bonchev–Trinajstić information content (AvgIpc) is 3.24. The van der Waals surface area contributed by atoms with Crippen molar-refractivity contribution in [2.75, 3.05) is 56.3 Å². The minimum Gasteiger partial charge on any atom is -0.508 e. The first kappa shape index (κ1) is 26.5. The van der Waals surface area contributed by atoms with Crippen molar-refractivity contribution in [2.45, 2.75) is 53.4 Å². The lowest BCUT2D eigenvalue weighted by Gasteiger charge is -2.24. The standard InChI is InChI=1S/C26H40N6O3/c1-5-11-31(12-6-2)15-16-34-26-27-24(18-25(28-26)32(13-7-3)14-8-4)30-29-22-19-35-23-17-20(33)9-10-21(22)23/h9-10,17-18,33H,5-8,11-16,19H2,1-4H3,(H,27,28,30)/b29-22+. The van der Waals surface area contributed by atoms with Crippen LogP contribution in [0.1, 0.15) is 58.9 Å². The van der Waals surface area contributed by atoms with Crippen LogP contribution in [0, 0.1) is 0 Å². The first-order valence-corrected chi connectivity index (χ1v) is 12.9. The molecule has 35 heavy (non-hydrogen) atoms. The maximum absolute atomic E-state index is 9.68. The Morgan fingerprint density at radius 3 is 2.37 bits per heavy atom. The van der Waals surface area contributed by atoms with Gasteiger partial charge in [-0.25, -0.2) is 0 Å². The monoisotopic (exact) mass is 484 g/mol. The molecule has 3 rings (SSSR count). The van der Waals surface area contributed by atoms with Gasteiger partial charge in [0.05, 0.1) is 0 Å². The van der Waals surface area contributed by atoms with Crippen molar-refractivity contribution in [1.82, 2.24) is 14.9 Å². The second-order valence-corrected chi connectivity index (χ2v) is 8.71. The number of hydrazone groups is 1. The van der Waals surface area contributed by atoms with Crippen molar-refractivity contribution in [3.63, 3.8) is 0 Å². The van der Waals surface area contributed by atoms with E-state index in [2.05, 4.69) is 53.0 Å². The van der Waals surface area contributed by atoms with E-state index in [1.54, 1.807) is 18.2 Å². The molecule has 0 fully saturated rings. The summed E-state index contributed by atoms with van der Waals surface area (Å²) < 4.78 is 11.7. The fraction of sp³-hybridized carbons (Fsp3) is 0.577. The summed E-state index contributed by atoms with van der Waals surface area (Å²) in [6.45, 7) is 14.4. The lowest BCUT2D eigenvalue weighted by molar-refractivity contribution is 0.200. The molecule has 0 saturated carbocycles. The molecule has 0 spiro atoms. The summed E-state index contributed by atoms with van der Waals surface area (Å²) >= 11 is 0. The van der Waals surface area contributed by atoms with Crippen LogP contribution in [0.4, 0.5) is 11.6 Å². The summed E-state index contributed by atoms with van der Waals surface area (Å²) in [5.74, 6) is 2.19. The first-order chi connectivity index (χ1) is 17.1. The predicted molar refractivity (Wildman–Crippen MR) is 141 cm³/mol. The highest BCUT2D eigenvalue weighted by atomic mass is 16.5. The Kier molecular flexibility index (Phi) is 10.4. The molecule has 0 atom stereocenters. The van der Waals surface area contributed by atoms with Gasteiger partial charge in [0.2, 0.25) is 0 Å². The molecule has 2 aromatic rings. The molecule has 0 bridgehead atoms. The van der Waals surface area contributed by atoms with E-state index < -0.39 is 0 Å². The van der Waals surface area contributed by atoms with Gasteiger partial charge in [0.15, 0.2) is 5.82 Å². The molecule has 1 aliphatic rings. The second kappa shape index (κ2) is 13.7. The number of aromatic hydroxyl groups is 1. The minimum absolute atomic E-state index is 0.170. The van der Waals surface area contributed by atoms with Gasteiger partial charge in [0.1, 0.15) is 36.2 Å². The molecule has 9 heteroatoms. The normalized spacial score (nSPS) is 13.7. The lowest BCUT2D eigenvalue weighted by Crippen LogP contribution is -2.30. The topological polar surface area (TPSA) is 95.3 Å². The second-order valence-electron chi connectivity index (χ2n) is 8.71. The Morgan fingerprint density at radius 1 is 0.971 bits per heavy atom. The summed E-state index contributed by atoms with van der Waals surface area (Å²) in [7, 11) is 0. The maximum Gasteiger partial charge on any atom is 0.320 e. The van der Waals surface area contributed by atoms with E-state index in [1.807, 2.05) is 6.07 Å². The van der Waals surface area contributed by atoms with Crippen LogP contribution in [0.2, 0.25) is 0 Å². The van der Waals surface area contributed by atoms with Crippen molar-refractivity contribution >= 4 is 17.3 Å². The van der Waals surface area contributed by atoms with Gasteiger partial charge < -0.3 is 19.5 Å².